The lowest BCUT2D eigenvalue weighted by Gasteiger charge is -2.23. The van der Waals surface area contributed by atoms with E-state index in [-0.39, 0.29) is 31.0 Å². The van der Waals surface area contributed by atoms with Gasteiger partial charge in [-0.2, -0.15) is 0 Å². The van der Waals surface area contributed by atoms with Crippen molar-refractivity contribution >= 4 is 17.9 Å². The van der Waals surface area contributed by atoms with Crippen LogP contribution in [0.25, 0.3) is 0 Å². The first-order valence-electron chi connectivity index (χ1n) is 8.87. The van der Waals surface area contributed by atoms with E-state index in [0.717, 1.165) is 5.56 Å². The molecule has 0 aromatic heterocycles. The lowest BCUT2D eigenvalue weighted by atomic mass is 9.98. The molecule has 0 saturated carbocycles. The molecule has 144 valence electrons. The van der Waals surface area contributed by atoms with E-state index in [2.05, 4.69) is 16.0 Å². The first-order valence-corrected chi connectivity index (χ1v) is 8.87. The Morgan fingerprint density at radius 1 is 1.04 bits per heavy atom. The number of nitrogens with one attached hydrogen (secondary N) is 3. The molecule has 0 aliphatic heterocycles. The highest BCUT2D eigenvalue weighted by Crippen LogP contribution is 2.09. The van der Waals surface area contributed by atoms with Crippen molar-refractivity contribution in [3.63, 3.8) is 0 Å². The van der Waals surface area contributed by atoms with Crippen LogP contribution in [0, 0.1) is 5.92 Å². The standard InChI is InChI=1S/C19H29N3O4/c1-5-14(4)17(18(24)20-11-16(23)21-13(2)3)22-19(25)26-12-15-9-7-6-8-10-15/h6-10,13-14,17H,5,11-12H2,1-4H3,(H,20,24)(H,21,23)(H,22,25)/t14-,17-/m0/s1. The molecular formula is C19H29N3O4. The molecule has 0 heterocycles. The maximum atomic E-state index is 12.4. The highest BCUT2D eigenvalue weighted by Gasteiger charge is 2.26. The third-order valence-corrected chi connectivity index (χ3v) is 3.85. The summed E-state index contributed by atoms with van der Waals surface area (Å²) in [7, 11) is 0. The molecule has 3 N–H and O–H groups in total. The average Bonchev–Trinajstić information content (AvgIpc) is 2.62. The van der Waals surface area contributed by atoms with Crippen molar-refractivity contribution in [2.45, 2.75) is 52.8 Å². The van der Waals surface area contributed by atoms with Gasteiger partial charge in [0.2, 0.25) is 11.8 Å². The highest BCUT2D eigenvalue weighted by molar-refractivity contribution is 5.89. The zero-order chi connectivity index (χ0) is 19.5. The normalized spacial score (nSPS) is 12.8. The van der Waals surface area contributed by atoms with Gasteiger partial charge in [0.1, 0.15) is 12.6 Å². The monoisotopic (exact) mass is 363 g/mol. The van der Waals surface area contributed by atoms with Crippen molar-refractivity contribution in [1.82, 2.24) is 16.0 Å². The fourth-order valence-electron chi connectivity index (χ4n) is 2.24. The van der Waals surface area contributed by atoms with E-state index in [0.29, 0.717) is 6.42 Å². The molecular weight excluding hydrogens is 334 g/mol. The zero-order valence-electron chi connectivity index (χ0n) is 15.9. The number of carbonyl (C=O) groups excluding carboxylic acids is 3. The molecule has 0 unspecified atom stereocenters. The summed E-state index contributed by atoms with van der Waals surface area (Å²) in [5, 5.41) is 7.85. The van der Waals surface area contributed by atoms with Gasteiger partial charge in [0, 0.05) is 6.04 Å². The predicted octanol–water partition coefficient (Wildman–Crippen LogP) is 1.97. The van der Waals surface area contributed by atoms with Gasteiger partial charge in [-0.25, -0.2) is 4.79 Å². The van der Waals surface area contributed by atoms with Crippen LogP contribution in [0.1, 0.15) is 39.7 Å². The second-order valence-corrected chi connectivity index (χ2v) is 6.51. The van der Waals surface area contributed by atoms with Crippen LogP contribution in [-0.2, 0) is 20.9 Å². The molecule has 3 amide bonds. The number of hydrogen-bond donors (Lipinski definition) is 3. The number of alkyl carbamates (subject to hydrolysis) is 1. The highest BCUT2D eigenvalue weighted by atomic mass is 16.5. The largest absolute Gasteiger partial charge is 0.445 e. The Morgan fingerprint density at radius 2 is 1.69 bits per heavy atom. The van der Waals surface area contributed by atoms with Gasteiger partial charge in [-0.3, -0.25) is 9.59 Å². The molecule has 0 fully saturated rings. The Hall–Kier alpha value is -2.57. The topological polar surface area (TPSA) is 96.5 Å². The quantitative estimate of drug-likeness (QED) is 0.625. The first-order chi connectivity index (χ1) is 12.3. The summed E-state index contributed by atoms with van der Waals surface area (Å²) in [6, 6.07) is 8.51. The lowest BCUT2D eigenvalue weighted by Crippen LogP contribution is -2.52. The maximum Gasteiger partial charge on any atom is 0.408 e. The molecule has 0 radical (unpaired) electrons. The van der Waals surface area contributed by atoms with Gasteiger partial charge >= 0.3 is 6.09 Å². The van der Waals surface area contributed by atoms with Crippen LogP contribution in [0.5, 0.6) is 0 Å². The number of hydrogen-bond acceptors (Lipinski definition) is 4. The summed E-state index contributed by atoms with van der Waals surface area (Å²) < 4.78 is 5.17. The molecule has 26 heavy (non-hydrogen) atoms. The van der Waals surface area contributed by atoms with E-state index in [1.807, 2.05) is 58.0 Å². The fourth-order valence-corrected chi connectivity index (χ4v) is 2.24. The Bertz CT molecular complexity index is 590. The van der Waals surface area contributed by atoms with E-state index in [1.54, 1.807) is 0 Å². The Labute approximate surface area is 154 Å². The molecule has 0 bridgehead atoms. The smallest absolute Gasteiger partial charge is 0.408 e. The summed E-state index contributed by atoms with van der Waals surface area (Å²) in [5.41, 5.74) is 0.859. The Balaban J connectivity index is 2.55. The third kappa shape index (κ3) is 8.00. The Morgan fingerprint density at radius 3 is 2.27 bits per heavy atom. The minimum absolute atomic E-state index is 0.00384. The second kappa shape index (κ2) is 11.1. The molecule has 7 nitrogen and oxygen atoms in total. The fraction of sp³-hybridized carbons (Fsp3) is 0.526. The van der Waals surface area contributed by atoms with Gasteiger partial charge in [-0.1, -0.05) is 50.6 Å². The van der Waals surface area contributed by atoms with E-state index >= 15 is 0 Å². The minimum Gasteiger partial charge on any atom is -0.445 e. The van der Waals surface area contributed by atoms with Crippen molar-refractivity contribution in [3.05, 3.63) is 35.9 Å². The molecule has 2 atom stereocenters. The second-order valence-electron chi connectivity index (χ2n) is 6.51. The SMILES string of the molecule is CC[C@H](C)[C@H](NC(=O)OCc1ccccc1)C(=O)NCC(=O)NC(C)C. The maximum absolute atomic E-state index is 12.4. The van der Waals surface area contributed by atoms with Gasteiger partial charge in [-0.05, 0) is 25.3 Å². The molecule has 1 aromatic carbocycles. The van der Waals surface area contributed by atoms with Crippen molar-refractivity contribution in [1.29, 1.82) is 0 Å². The van der Waals surface area contributed by atoms with Gasteiger partial charge in [0.15, 0.2) is 0 Å². The third-order valence-electron chi connectivity index (χ3n) is 3.85. The lowest BCUT2D eigenvalue weighted by molar-refractivity contribution is -0.128. The number of benzene rings is 1. The number of amides is 3. The van der Waals surface area contributed by atoms with Crippen LogP contribution in [0.4, 0.5) is 4.79 Å². The predicted molar refractivity (Wildman–Crippen MR) is 99.3 cm³/mol. The van der Waals surface area contributed by atoms with Gasteiger partial charge in [0.25, 0.3) is 0 Å². The molecule has 1 aromatic rings. The average molecular weight is 363 g/mol. The van der Waals surface area contributed by atoms with Gasteiger partial charge in [0.05, 0.1) is 6.54 Å². The van der Waals surface area contributed by atoms with Crippen LogP contribution in [0.2, 0.25) is 0 Å². The summed E-state index contributed by atoms with van der Waals surface area (Å²) in [6.07, 6.45) is 0.0239. The van der Waals surface area contributed by atoms with E-state index < -0.39 is 18.0 Å². The number of carbonyl (C=O) groups is 3. The molecule has 7 heteroatoms. The van der Waals surface area contributed by atoms with E-state index in [1.165, 1.54) is 0 Å². The van der Waals surface area contributed by atoms with Crippen molar-refractivity contribution in [2.24, 2.45) is 5.92 Å². The van der Waals surface area contributed by atoms with Crippen LogP contribution in [0.15, 0.2) is 30.3 Å². The van der Waals surface area contributed by atoms with Crippen molar-refractivity contribution in [3.8, 4) is 0 Å². The van der Waals surface area contributed by atoms with E-state index in [4.69, 9.17) is 4.74 Å². The molecule has 0 aliphatic carbocycles. The van der Waals surface area contributed by atoms with Crippen LogP contribution >= 0.6 is 0 Å². The first kappa shape index (κ1) is 21.5. The molecule has 0 aliphatic rings. The minimum atomic E-state index is -0.768. The summed E-state index contributed by atoms with van der Waals surface area (Å²) in [6.45, 7) is 7.45. The van der Waals surface area contributed by atoms with Crippen LogP contribution < -0.4 is 16.0 Å². The molecule has 0 spiro atoms. The zero-order valence-corrected chi connectivity index (χ0v) is 15.9. The molecule has 0 saturated heterocycles. The summed E-state index contributed by atoms with van der Waals surface area (Å²) in [4.78, 5) is 36.1. The number of rotatable bonds is 9. The van der Waals surface area contributed by atoms with Crippen molar-refractivity contribution < 1.29 is 19.1 Å². The van der Waals surface area contributed by atoms with Crippen molar-refractivity contribution in [2.75, 3.05) is 6.54 Å². The van der Waals surface area contributed by atoms with E-state index in [9.17, 15) is 14.4 Å². The summed E-state index contributed by atoms with van der Waals surface area (Å²) >= 11 is 0. The Kier molecular flexibility index (Phi) is 9.19. The molecule has 1 rings (SSSR count). The van der Waals surface area contributed by atoms with Gasteiger partial charge < -0.3 is 20.7 Å². The summed E-state index contributed by atoms with van der Waals surface area (Å²) in [5.74, 6) is -0.787. The number of ether oxygens (including phenoxy) is 1. The van der Waals surface area contributed by atoms with Gasteiger partial charge in [-0.15, -0.1) is 0 Å². The van der Waals surface area contributed by atoms with Crippen LogP contribution in [-0.4, -0.2) is 36.5 Å². The van der Waals surface area contributed by atoms with Crippen LogP contribution in [0.3, 0.4) is 0 Å².